The molecule has 5 heteroatoms. The van der Waals surface area contributed by atoms with Crippen molar-refractivity contribution in [3.8, 4) is 6.07 Å². The van der Waals surface area contributed by atoms with Crippen molar-refractivity contribution >= 4 is 11.5 Å². The van der Waals surface area contributed by atoms with Crippen LogP contribution in [0.2, 0.25) is 0 Å². The van der Waals surface area contributed by atoms with Gasteiger partial charge in [0.1, 0.15) is 11.9 Å². The largest absolute Gasteiger partial charge is 0.396 e. The van der Waals surface area contributed by atoms with Crippen molar-refractivity contribution in [3.63, 3.8) is 0 Å². The van der Waals surface area contributed by atoms with Gasteiger partial charge < -0.3 is 16.2 Å². The van der Waals surface area contributed by atoms with Crippen LogP contribution in [0.25, 0.3) is 0 Å². The number of hydrogen-bond acceptors (Lipinski definition) is 5. The summed E-state index contributed by atoms with van der Waals surface area (Å²) in [4.78, 5) is 4.11. The molecule has 17 heavy (non-hydrogen) atoms. The van der Waals surface area contributed by atoms with Gasteiger partial charge in [-0.2, -0.15) is 5.26 Å². The maximum atomic E-state index is 9.02. The first-order chi connectivity index (χ1) is 8.22. The van der Waals surface area contributed by atoms with Gasteiger partial charge in [-0.05, 0) is 12.5 Å². The number of pyridine rings is 1. The third-order valence-electron chi connectivity index (χ3n) is 2.78. The zero-order valence-electron chi connectivity index (χ0n) is 9.30. The highest BCUT2D eigenvalue weighted by Gasteiger charge is 2.18. The predicted molar refractivity (Wildman–Crippen MR) is 65.1 cm³/mol. The van der Waals surface area contributed by atoms with E-state index in [9.17, 15) is 0 Å². The summed E-state index contributed by atoms with van der Waals surface area (Å²) in [5, 5.41) is 20.9. The molecule has 0 fully saturated rings. The summed E-state index contributed by atoms with van der Waals surface area (Å²) in [6.45, 7) is 0.158. The molecule has 0 saturated heterocycles. The molecule has 0 aliphatic heterocycles. The second-order valence-corrected chi connectivity index (χ2v) is 4.09. The van der Waals surface area contributed by atoms with Crippen LogP contribution >= 0.6 is 0 Å². The van der Waals surface area contributed by atoms with Crippen molar-refractivity contribution in [1.29, 1.82) is 5.26 Å². The number of rotatable bonds is 3. The molecule has 4 N–H and O–H groups in total. The van der Waals surface area contributed by atoms with Crippen LogP contribution in [0.4, 0.5) is 11.5 Å². The lowest BCUT2D eigenvalue weighted by molar-refractivity contribution is 0.250. The van der Waals surface area contributed by atoms with E-state index in [-0.39, 0.29) is 18.6 Å². The van der Waals surface area contributed by atoms with E-state index in [1.54, 1.807) is 6.07 Å². The lowest BCUT2D eigenvalue weighted by atomic mass is 10.1. The molecule has 0 amide bonds. The molecule has 2 atom stereocenters. The Kier molecular flexibility index (Phi) is 3.26. The molecule has 1 aromatic rings. The highest BCUT2D eigenvalue weighted by Crippen LogP contribution is 2.23. The number of nitrogens with zero attached hydrogens (tertiary/aromatic N) is 2. The molecule has 1 heterocycles. The second kappa shape index (κ2) is 4.85. The molecule has 0 radical (unpaired) electrons. The number of anilines is 2. The Hall–Kier alpha value is -2.06. The number of aliphatic hydroxyl groups is 1. The van der Waals surface area contributed by atoms with E-state index in [0.29, 0.717) is 17.1 Å². The summed E-state index contributed by atoms with van der Waals surface area (Å²) >= 11 is 0. The Morgan fingerprint density at radius 1 is 1.59 bits per heavy atom. The van der Waals surface area contributed by atoms with Crippen LogP contribution in [0, 0.1) is 17.2 Å². The minimum atomic E-state index is 0.134. The van der Waals surface area contributed by atoms with Gasteiger partial charge in [0.25, 0.3) is 0 Å². The van der Waals surface area contributed by atoms with Gasteiger partial charge in [-0.15, -0.1) is 0 Å². The number of nitriles is 1. The SMILES string of the molecule is N#Cc1cnc(N[C@@H]2C=C[C@H](CO)C2)c(N)c1. The van der Waals surface area contributed by atoms with Crippen LogP contribution in [-0.4, -0.2) is 22.7 Å². The smallest absolute Gasteiger partial charge is 0.149 e. The van der Waals surface area contributed by atoms with Crippen LogP contribution in [0.5, 0.6) is 0 Å². The average Bonchev–Trinajstić information content (AvgIpc) is 2.79. The third kappa shape index (κ3) is 2.55. The Morgan fingerprint density at radius 2 is 2.41 bits per heavy atom. The van der Waals surface area contributed by atoms with Crippen LogP contribution in [0.3, 0.4) is 0 Å². The lowest BCUT2D eigenvalue weighted by Crippen LogP contribution is -2.18. The van der Waals surface area contributed by atoms with Gasteiger partial charge in [0.2, 0.25) is 0 Å². The van der Waals surface area contributed by atoms with E-state index in [4.69, 9.17) is 16.1 Å². The van der Waals surface area contributed by atoms with E-state index in [1.165, 1.54) is 6.20 Å². The number of nitrogens with one attached hydrogen (secondary N) is 1. The molecule has 0 bridgehead atoms. The van der Waals surface area contributed by atoms with Gasteiger partial charge in [0, 0.05) is 24.8 Å². The molecule has 0 spiro atoms. The fourth-order valence-corrected chi connectivity index (χ4v) is 1.86. The minimum absolute atomic E-state index is 0.134. The standard InChI is InChI=1S/C12H14N4O/c13-5-9-4-11(14)12(15-6-9)16-10-2-1-8(3-10)7-17/h1-2,4,6,8,10,17H,3,7,14H2,(H,15,16)/t8-,10+/m0/s1. The molecular formula is C12H14N4O. The second-order valence-electron chi connectivity index (χ2n) is 4.09. The van der Waals surface area contributed by atoms with Crippen LogP contribution in [-0.2, 0) is 0 Å². The fourth-order valence-electron chi connectivity index (χ4n) is 1.86. The van der Waals surface area contributed by atoms with E-state index in [0.717, 1.165) is 6.42 Å². The molecular weight excluding hydrogens is 216 g/mol. The first-order valence-corrected chi connectivity index (χ1v) is 5.44. The van der Waals surface area contributed by atoms with E-state index in [1.807, 2.05) is 18.2 Å². The molecule has 0 unspecified atom stereocenters. The maximum Gasteiger partial charge on any atom is 0.149 e. The number of nitrogens with two attached hydrogens (primary N) is 1. The topological polar surface area (TPSA) is 95.0 Å². The van der Waals surface area contributed by atoms with Crippen molar-refractivity contribution in [2.45, 2.75) is 12.5 Å². The zero-order chi connectivity index (χ0) is 12.3. The minimum Gasteiger partial charge on any atom is -0.396 e. The molecule has 1 aliphatic carbocycles. The molecule has 5 nitrogen and oxygen atoms in total. The third-order valence-corrected chi connectivity index (χ3v) is 2.78. The summed E-state index contributed by atoms with van der Waals surface area (Å²) in [6.07, 6.45) is 6.30. The Morgan fingerprint density at radius 3 is 3.00 bits per heavy atom. The summed E-state index contributed by atoms with van der Waals surface area (Å²) in [6, 6.07) is 3.72. The van der Waals surface area contributed by atoms with Gasteiger partial charge in [0.05, 0.1) is 11.3 Å². The van der Waals surface area contributed by atoms with E-state index in [2.05, 4.69) is 10.3 Å². The molecule has 0 saturated carbocycles. The van der Waals surface area contributed by atoms with Crippen LogP contribution in [0.1, 0.15) is 12.0 Å². The summed E-state index contributed by atoms with van der Waals surface area (Å²) in [5.74, 6) is 0.782. The summed E-state index contributed by atoms with van der Waals surface area (Å²) in [5.41, 5.74) is 6.70. The molecule has 1 aromatic heterocycles. The van der Waals surface area contributed by atoms with Gasteiger partial charge in [-0.3, -0.25) is 0 Å². The Labute approximate surface area is 99.6 Å². The van der Waals surface area contributed by atoms with Crippen LogP contribution < -0.4 is 11.1 Å². The van der Waals surface area contributed by atoms with Gasteiger partial charge in [0.15, 0.2) is 0 Å². The molecule has 88 valence electrons. The number of hydrogen-bond donors (Lipinski definition) is 3. The van der Waals surface area contributed by atoms with E-state index >= 15 is 0 Å². The Balaban J connectivity index is 2.05. The van der Waals surface area contributed by atoms with Crippen molar-refractivity contribution in [3.05, 3.63) is 30.0 Å². The lowest BCUT2D eigenvalue weighted by Gasteiger charge is -2.14. The van der Waals surface area contributed by atoms with Crippen molar-refractivity contribution < 1.29 is 5.11 Å². The average molecular weight is 230 g/mol. The van der Waals surface area contributed by atoms with Crippen molar-refractivity contribution in [2.24, 2.45) is 5.92 Å². The summed E-state index contributed by atoms with van der Waals surface area (Å²) < 4.78 is 0. The van der Waals surface area contributed by atoms with Crippen molar-refractivity contribution in [1.82, 2.24) is 4.98 Å². The summed E-state index contributed by atoms with van der Waals surface area (Å²) in [7, 11) is 0. The maximum absolute atomic E-state index is 9.02. The number of aliphatic hydroxyl groups excluding tert-OH is 1. The van der Waals surface area contributed by atoms with Gasteiger partial charge >= 0.3 is 0 Å². The first-order valence-electron chi connectivity index (χ1n) is 5.44. The highest BCUT2D eigenvalue weighted by molar-refractivity contribution is 5.63. The fraction of sp³-hybridized carbons (Fsp3) is 0.333. The highest BCUT2D eigenvalue weighted by atomic mass is 16.3. The molecule has 0 aromatic carbocycles. The van der Waals surface area contributed by atoms with Crippen molar-refractivity contribution in [2.75, 3.05) is 17.7 Å². The first kappa shape index (κ1) is 11.4. The van der Waals surface area contributed by atoms with Crippen LogP contribution in [0.15, 0.2) is 24.4 Å². The molecule has 1 aliphatic rings. The Bertz CT molecular complexity index is 478. The van der Waals surface area contributed by atoms with Gasteiger partial charge in [-0.25, -0.2) is 4.98 Å². The zero-order valence-corrected chi connectivity index (χ0v) is 9.30. The molecule has 2 rings (SSSR count). The quantitative estimate of drug-likeness (QED) is 0.670. The monoisotopic (exact) mass is 230 g/mol. The predicted octanol–water partition coefficient (Wildman–Crippen LogP) is 0.884. The van der Waals surface area contributed by atoms with E-state index < -0.39 is 0 Å². The van der Waals surface area contributed by atoms with Gasteiger partial charge in [-0.1, -0.05) is 12.2 Å². The number of aromatic nitrogens is 1. The normalized spacial score (nSPS) is 22.4. The number of nitrogen functional groups attached to an aromatic ring is 1.